The van der Waals surface area contributed by atoms with Gasteiger partial charge in [-0.2, -0.15) is 5.26 Å². The van der Waals surface area contributed by atoms with Crippen LogP contribution in [-0.2, 0) is 9.63 Å². The van der Waals surface area contributed by atoms with Gasteiger partial charge >= 0.3 is 5.97 Å². The molecule has 0 radical (unpaired) electrons. The summed E-state index contributed by atoms with van der Waals surface area (Å²) in [6, 6.07) is 8.64. The second-order valence-corrected chi connectivity index (χ2v) is 6.70. The molecule has 1 aliphatic heterocycles. The molecule has 0 N–H and O–H groups in total. The number of nitriles is 1. The van der Waals surface area contributed by atoms with Gasteiger partial charge in [-0.05, 0) is 43.2 Å². The Hall–Kier alpha value is -2.68. The van der Waals surface area contributed by atoms with Gasteiger partial charge in [0.05, 0.1) is 23.1 Å². The summed E-state index contributed by atoms with van der Waals surface area (Å²) in [7, 11) is 0. The Morgan fingerprint density at radius 1 is 1.13 bits per heavy atom. The molecule has 0 aromatic heterocycles. The van der Waals surface area contributed by atoms with E-state index in [4.69, 9.17) is 10.1 Å². The third kappa shape index (κ3) is 1.96. The van der Waals surface area contributed by atoms with E-state index in [-0.39, 0.29) is 28.4 Å². The number of carbonyl (C=O) groups excluding carboxylic acids is 3. The zero-order chi connectivity index (χ0) is 16.2. The maximum atomic E-state index is 12.2. The molecule has 0 atom stereocenters. The molecule has 0 unspecified atom stereocenters. The van der Waals surface area contributed by atoms with Crippen molar-refractivity contribution in [1.82, 2.24) is 5.06 Å². The Labute approximate surface area is 132 Å². The molecule has 2 amide bonds. The minimum absolute atomic E-state index is 0.100. The van der Waals surface area contributed by atoms with E-state index >= 15 is 0 Å². The quantitative estimate of drug-likeness (QED) is 0.780. The summed E-state index contributed by atoms with van der Waals surface area (Å²) in [5.74, 6) is -1.92. The summed E-state index contributed by atoms with van der Waals surface area (Å²) in [4.78, 5) is 41.5. The highest BCUT2D eigenvalue weighted by molar-refractivity contribution is 6.20. The normalized spacial score (nSPS) is 31.2. The van der Waals surface area contributed by atoms with Gasteiger partial charge in [0.1, 0.15) is 0 Å². The van der Waals surface area contributed by atoms with Crippen LogP contribution >= 0.6 is 0 Å². The highest BCUT2D eigenvalue weighted by Crippen LogP contribution is 2.61. The fraction of sp³-hybridized carbons (Fsp3) is 0.412. The van der Waals surface area contributed by atoms with E-state index in [9.17, 15) is 14.4 Å². The first-order valence-electron chi connectivity index (χ1n) is 7.62. The zero-order valence-electron chi connectivity index (χ0n) is 12.3. The van der Waals surface area contributed by atoms with Gasteiger partial charge < -0.3 is 4.84 Å². The number of rotatable bonds is 2. The number of carbonyl (C=O) groups is 3. The van der Waals surface area contributed by atoms with Crippen LogP contribution < -0.4 is 0 Å². The van der Waals surface area contributed by atoms with Crippen LogP contribution in [0.5, 0.6) is 0 Å². The highest BCUT2D eigenvalue weighted by Gasteiger charge is 2.56. The molecule has 1 heterocycles. The van der Waals surface area contributed by atoms with Crippen LogP contribution in [-0.4, -0.2) is 22.8 Å². The zero-order valence-corrected chi connectivity index (χ0v) is 12.3. The molecular formula is C17H14N2O4. The lowest BCUT2D eigenvalue weighted by Gasteiger charge is -2.55. The molecule has 0 bridgehead atoms. The van der Waals surface area contributed by atoms with Crippen molar-refractivity contribution in [3.8, 4) is 6.07 Å². The van der Waals surface area contributed by atoms with Gasteiger partial charge in [-0.1, -0.05) is 17.2 Å². The number of amides is 2. The van der Waals surface area contributed by atoms with Crippen LogP contribution in [0, 0.1) is 28.6 Å². The molecule has 3 aliphatic rings. The number of hydrogen-bond donors (Lipinski definition) is 0. The first-order valence-corrected chi connectivity index (χ1v) is 7.62. The Kier molecular flexibility index (Phi) is 2.82. The molecular weight excluding hydrogens is 296 g/mol. The third-order valence-corrected chi connectivity index (χ3v) is 5.17. The van der Waals surface area contributed by atoms with Gasteiger partial charge in [0, 0.05) is 5.92 Å². The Balaban J connectivity index is 1.39. The lowest BCUT2D eigenvalue weighted by Crippen LogP contribution is -2.50. The van der Waals surface area contributed by atoms with Crippen LogP contribution in [0.15, 0.2) is 24.3 Å². The van der Waals surface area contributed by atoms with E-state index in [2.05, 4.69) is 6.07 Å². The molecule has 6 heteroatoms. The summed E-state index contributed by atoms with van der Waals surface area (Å²) in [5.41, 5.74) is 0.615. The number of nitrogens with zero attached hydrogens (tertiary/aromatic N) is 2. The largest absolute Gasteiger partial charge is 0.336 e. The van der Waals surface area contributed by atoms with Crippen molar-refractivity contribution in [2.24, 2.45) is 17.3 Å². The molecule has 2 aliphatic carbocycles. The third-order valence-electron chi connectivity index (χ3n) is 5.17. The molecule has 23 heavy (non-hydrogen) atoms. The van der Waals surface area contributed by atoms with Crippen LogP contribution in [0.4, 0.5) is 0 Å². The number of hydroxylamine groups is 2. The smallest absolute Gasteiger partial charge is 0.329 e. The average Bonchev–Trinajstić information content (AvgIpc) is 2.70. The van der Waals surface area contributed by atoms with Crippen LogP contribution in [0.25, 0.3) is 0 Å². The maximum absolute atomic E-state index is 12.2. The fourth-order valence-corrected chi connectivity index (χ4v) is 3.98. The van der Waals surface area contributed by atoms with Crippen molar-refractivity contribution >= 4 is 17.8 Å². The molecule has 1 aromatic carbocycles. The van der Waals surface area contributed by atoms with Gasteiger partial charge in [-0.15, -0.1) is 0 Å². The minimum atomic E-state index is -0.596. The Morgan fingerprint density at radius 2 is 1.70 bits per heavy atom. The van der Waals surface area contributed by atoms with Crippen molar-refractivity contribution in [2.45, 2.75) is 25.7 Å². The number of benzene rings is 1. The average molecular weight is 310 g/mol. The maximum Gasteiger partial charge on any atom is 0.336 e. The predicted molar refractivity (Wildman–Crippen MR) is 76.5 cm³/mol. The predicted octanol–water partition coefficient (Wildman–Crippen LogP) is 2.07. The summed E-state index contributed by atoms with van der Waals surface area (Å²) < 4.78 is 0. The molecule has 116 valence electrons. The highest BCUT2D eigenvalue weighted by atomic mass is 16.7. The van der Waals surface area contributed by atoms with E-state index in [1.54, 1.807) is 12.1 Å². The first-order chi connectivity index (χ1) is 11.0. The summed E-state index contributed by atoms with van der Waals surface area (Å²) >= 11 is 0. The van der Waals surface area contributed by atoms with Crippen LogP contribution in [0.2, 0.25) is 0 Å². The van der Waals surface area contributed by atoms with Crippen molar-refractivity contribution in [3.63, 3.8) is 0 Å². The van der Waals surface area contributed by atoms with E-state index in [0.29, 0.717) is 17.9 Å². The van der Waals surface area contributed by atoms with Crippen molar-refractivity contribution < 1.29 is 19.2 Å². The molecule has 1 aromatic rings. The van der Waals surface area contributed by atoms with Gasteiger partial charge in [-0.3, -0.25) is 9.59 Å². The van der Waals surface area contributed by atoms with Gasteiger partial charge in [0.25, 0.3) is 11.8 Å². The standard InChI is InChI=1S/C17H14N2O4/c18-9-10-5-17(6-10)7-11(8-17)16(22)23-19-14(20)12-3-1-2-4-13(12)15(19)21/h1-4,10-11H,5-8H2. The Bertz CT molecular complexity index is 730. The number of hydrogen-bond acceptors (Lipinski definition) is 5. The van der Waals surface area contributed by atoms with E-state index < -0.39 is 17.8 Å². The first kappa shape index (κ1) is 13.9. The van der Waals surface area contributed by atoms with E-state index in [0.717, 1.165) is 12.8 Å². The lowest BCUT2D eigenvalue weighted by atomic mass is 9.48. The second-order valence-electron chi connectivity index (χ2n) is 6.70. The van der Waals surface area contributed by atoms with Crippen molar-refractivity contribution in [1.29, 1.82) is 5.26 Å². The topological polar surface area (TPSA) is 87.5 Å². The number of imide groups is 1. The molecule has 4 rings (SSSR count). The molecule has 2 fully saturated rings. The van der Waals surface area contributed by atoms with Gasteiger partial charge in [-0.25, -0.2) is 4.79 Å². The van der Waals surface area contributed by atoms with Crippen molar-refractivity contribution in [3.05, 3.63) is 35.4 Å². The second kappa shape index (κ2) is 4.66. The summed E-state index contributed by atoms with van der Waals surface area (Å²) in [5, 5.41) is 9.39. The van der Waals surface area contributed by atoms with Gasteiger partial charge in [0.2, 0.25) is 0 Å². The summed E-state index contributed by atoms with van der Waals surface area (Å²) in [6.07, 6.45) is 3.01. The van der Waals surface area contributed by atoms with E-state index in [1.165, 1.54) is 12.1 Å². The summed E-state index contributed by atoms with van der Waals surface area (Å²) in [6.45, 7) is 0. The minimum Gasteiger partial charge on any atom is -0.329 e. The SMILES string of the molecule is N#CC1CC2(C1)CC(C(=O)ON1C(=O)c3ccccc3C1=O)C2. The lowest BCUT2D eigenvalue weighted by molar-refractivity contribution is -0.186. The molecule has 0 saturated heterocycles. The molecule has 2 saturated carbocycles. The van der Waals surface area contributed by atoms with Crippen LogP contribution in [0.1, 0.15) is 46.4 Å². The monoisotopic (exact) mass is 310 g/mol. The van der Waals surface area contributed by atoms with E-state index in [1.807, 2.05) is 0 Å². The van der Waals surface area contributed by atoms with Crippen LogP contribution in [0.3, 0.4) is 0 Å². The van der Waals surface area contributed by atoms with Gasteiger partial charge in [0.15, 0.2) is 0 Å². The van der Waals surface area contributed by atoms with Crippen molar-refractivity contribution in [2.75, 3.05) is 0 Å². The fourth-order valence-electron chi connectivity index (χ4n) is 3.98. The molecule has 6 nitrogen and oxygen atoms in total. The number of fused-ring (bicyclic) bond motifs is 1. The molecule has 1 spiro atoms. The Morgan fingerprint density at radius 3 is 2.22 bits per heavy atom.